The van der Waals surface area contributed by atoms with Crippen molar-refractivity contribution in [1.82, 2.24) is 0 Å². The van der Waals surface area contributed by atoms with Crippen molar-refractivity contribution in [3.05, 3.63) is 88.5 Å². The van der Waals surface area contributed by atoms with Crippen LogP contribution in [0.15, 0.2) is 65.6 Å². The molecule has 0 saturated heterocycles. The van der Waals surface area contributed by atoms with Crippen LogP contribution in [0.4, 0.5) is 11.4 Å². The maximum absolute atomic E-state index is 13.3. The molecule has 3 aromatic carbocycles. The molecule has 4 aliphatic rings. The van der Waals surface area contributed by atoms with E-state index in [1.807, 2.05) is 44.2 Å². The molecular formula is C32H36N2O3S. The number of hydrogen-bond acceptors (Lipinski definition) is 3. The highest BCUT2D eigenvalue weighted by atomic mass is 32.2. The smallest absolute Gasteiger partial charge is 0.262 e. The maximum Gasteiger partial charge on any atom is 0.262 e. The third kappa shape index (κ3) is 4.64. The summed E-state index contributed by atoms with van der Waals surface area (Å²) in [6.45, 7) is 5.52. The molecule has 38 heavy (non-hydrogen) atoms. The number of sulfonamides is 1. The minimum absolute atomic E-state index is 0.100. The highest BCUT2D eigenvalue weighted by Gasteiger charge is 2.51. The fraction of sp³-hybridized carbons (Fsp3) is 0.406. The fourth-order valence-electron chi connectivity index (χ4n) is 7.65. The van der Waals surface area contributed by atoms with E-state index in [9.17, 15) is 13.2 Å². The van der Waals surface area contributed by atoms with Crippen LogP contribution in [0.2, 0.25) is 0 Å². The summed E-state index contributed by atoms with van der Waals surface area (Å²) in [7, 11) is -3.87. The second-order valence-corrected chi connectivity index (χ2v) is 13.8. The van der Waals surface area contributed by atoms with Crippen LogP contribution in [0.3, 0.4) is 0 Å². The lowest BCUT2D eigenvalue weighted by atomic mass is 9.48. The zero-order valence-electron chi connectivity index (χ0n) is 22.4. The summed E-state index contributed by atoms with van der Waals surface area (Å²) in [6.07, 6.45) is 8.18. The Kier molecular flexibility index (Phi) is 6.14. The summed E-state index contributed by atoms with van der Waals surface area (Å²) >= 11 is 0. The zero-order valence-corrected chi connectivity index (χ0v) is 23.2. The fourth-order valence-corrected chi connectivity index (χ4v) is 9.04. The summed E-state index contributed by atoms with van der Waals surface area (Å²) < 4.78 is 29.3. The van der Waals surface area contributed by atoms with E-state index in [-0.39, 0.29) is 10.8 Å². The van der Waals surface area contributed by atoms with E-state index in [1.54, 1.807) is 19.1 Å². The Balaban J connectivity index is 1.19. The van der Waals surface area contributed by atoms with E-state index >= 15 is 0 Å². The molecule has 0 aliphatic heterocycles. The first-order valence-electron chi connectivity index (χ1n) is 13.7. The Bertz CT molecular complexity index is 1470. The lowest BCUT2D eigenvalue weighted by Crippen LogP contribution is -2.48. The van der Waals surface area contributed by atoms with Gasteiger partial charge in [0, 0.05) is 11.3 Å². The summed E-state index contributed by atoms with van der Waals surface area (Å²) in [5.41, 5.74) is 5.69. The molecule has 0 radical (unpaired) electrons. The van der Waals surface area contributed by atoms with Crippen molar-refractivity contribution in [2.45, 2.75) is 69.6 Å². The molecule has 4 bridgehead atoms. The average molecular weight is 529 g/mol. The molecule has 4 aliphatic carbocycles. The first-order valence-corrected chi connectivity index (χ1v) is 15.2. The van der Waals surface area contributed by atoms with Crippen molar-refractivity contribution in [2.75, 3.05) is 10.0 Å². The first-order chi connectivity index (χ1) is 18.1. The predicted molar refractivity (Wildman–Crippen MR) is 152 cm³/mol. The van der Waals surface area contributed by atoms with Gasteiger partial charge in [-0.15, -0.1) is 0 Å². The number of benzene rings is 3. The van der Waals surface area contributed by atoms with Crippen LogP contribution in [0, 0.1) is 38.5 Å². The van der Waals surface area contributed by atoms with Gasteiger partial charge in [-0.3, -0.25) is 9.52 Å². The minimum atomic E-state index is -3.87. The molecule has 3 aromatic rings. The largest absolute Gasteiger partial charge is 0.322 e. The predicted octanol–water partition coefficient (Wildman–Crippen LogP) is 7.13. The molecule has 0 spiro atoms. The van der Waals surface area contributed by atoms with Gasteiger partial charge in [0.25, 0.3) is 15.9 Å². The number of carbonyl (C=O) groups is 1. The molecule has 198 valence electrons. The second kappa shape index (κ2) is 9.26. The van der Waals surface area contributed by atoms with Crippen LogP contribution >= 0.6 is 0 Å². The number of hydrogen-bond donors (Lipinski definition) is 2. The normalized spacial score (nSPS) is 25.8. The van der Waals surface area contributed by atoms with Gasteiger partial charge in [-0.1, -0.05) is 30.3 Å². The van der Waals surface area contributed by atoms with Gasteiger partial charge in [-0.25, -0.2) is 8.42 Å². The number of amides is 1. The second-order valence-electron chi connectivity index (χ2n) is 12.1. The summed E-state index contributed by atoms with van der Waals surface area (Å²) in [5, 5.41) is 2.97. The maximum atomic E-state index is 13.3. The Morgan fingerprint density at radius 2 is 1.39 bits per heavy atom. The summed E-state index contributed by atoms with van der Waals surface area (Å²) in [5.74, 6) is 2.33. The van der Waals surface area contributed by atoms with Crippen LogP contribution in [0.5, 0.6) is 0 Å². The van der Waals surface area contributed by atoms with Crippen LogP contribution in [-0.2, 0) is 15.4 Å². The van der Waals surface area contributed by atoms with Crippen molar-refractivity contribution >= 4 is 27.3 Å². The number of anilines is 2. The van der Waals surface area contributed by atoms with Gasteiger partial charge >= 0.3 is 0 Å². The van der Waals surface area contributed by atoms with Crippen LogP contribution in [0.1, 0.15) is 71.1 Å². The minimum Gasteiger partial charge on any atom is -0.322 e. The number of rotatable bonds is 6. The molecule has 6 heteroatoms. The molecule has 2 N–H and O–H groups in total. The van der Waals surface area contributed by atoms with Crippen molar-refractivity contribution in [3.63, 3.8) is 0 Å². The van der Waals surface area contributed by atoms with E-state index in [2.05, 4.69) is 22.2 Å². The average Bonchev–Trinajstić information content (AvgIpc) is 2.86. The van der Waals surface area contributed by atoms with Crippen molar-refractivity contribution in [3.8, 4) is 0 Å². The molecule has 0 aromatic heterocycles. The van der Waals surface area contributed by atoms with Gasteiger partial charge in [0.2, 0.25) is 0 Å². The van der Waals surface area contributed by atoms with E-state index in [0.717, 1.165) is 34.6 Å². The highest BCUT2D eigenvalue weighted by Crippen LogP contribution is 2.60. The number of carbonyl (C=O) groups excluding carboxylic acids is 1. The molecule has 0 unspecified atom stereocenters. The van der Waals surface area contributed by atoms with E-state index in [4.69, 9.17) is 0 Å². The zero-order chi connectivity index (χ0) is 26.7. The molecule has 4 saturated carbocycles. The molecule has 4 fully saturated rings. The van der Waals surface area contributed by atoms with E-state index in [0.29, 0.717) is 22.2 Å². The monoisotopic (exact) mass is 528 g/mol. The summed E-state index contributed by atoms with van der Waals surface area (Å²) in [4.78, 5) is 13.2. The van der Waals surface area contributed by atoms with Gasteiger partial charge in [0.15, 0.2) is 0 Å². The Morgan fingerprint density at radius 3 is 2.03 bits per heavy atom. The van der Waals surface area contributed by atoms with Crippen LogP contribution in [0.25, 0.3) is 0 Å². The van der Waals surface area contributed by atoms with Crippen molar-refractivity contribution < 1.29 is 13.2 Å². The molecule has 0 atom stereocenters. The SMILES string of the molecule is Cc1ccc(C)c(NS(=O)(=O)c2cc(C(=O)Nc3ccc(C45CC6CC(CC(C6)C4)C5)cc3)ccc2C)c1. The lowest BCUT2D eigenvalue weighted by Gasteiger charge is -2.57. The third-order valence-electron chi connectivity index (χ3n) is 9.17. The lowest BCUT2D eigenvalue weighted by molar-refractivity contribution is -0.00518. The first kappa shape index (κ1) is 25.2. The van der Waals surface area contributed by atoms with Gasteiger partial charge in [-0.05, 0) is 135 Å². The van der Waals surface area contributed by atoms with E-state index in [1.165, 1.54) is 50.2 Å². The van der Waals surface area contributed by atoms with Gasteiger partial charge in [0.05, 0.1) is 10.6 Å². The quantitative estimate of drug-likeness (QED) is 0.357. The van der Waals surface area contributed by atoms with E-state index < -0.39 is 10.0 Å². The van der Waals surface area contributed by atoms with Crippen molar-refractivity contribution in [1.29, 1.82) is 0 Å². The molecule has 0 heterocycles. The number of nitrogens with one attached hydrogen (secondary N) is 2. The van der Waals surface area contributed by atoms with Crippen LogP contribution < -0.4 is 10.0 Å². The number of aryl methyl sites for hydroxylation is 3. The molecule has 5 nitrogen and oxygen atoms in total. The molecule has 1 amide bonds. The van der Waals surface area contributed by atoms with Crippen LogP contribution in [-0.4, -0.2) is 14.3 Å². The Hall–Kier alpha value is -3.12. The standard InChI is InChI=1S/C32H36N2O3S/c1-20-4-5-21(2)29(12-20)34-38(36,37)30-16-26(7-6-22(30)3)31(35)33-28-10-8-27(9-11-28)32-17-23-13-24(18-32)15-25(14-23)19-32/h4-12,16,23-25,34H,13-15,17-19H2,1-3H3,(H,33,35). The third-order valence-corrected chi connectivity index (χ3v) is 10.7. The van der Waals surface area contributed by atoms with Crippen molar-refractivity contribution in [2.24, 2.45) is 17.8 Å². The highest BCUT2D eigenvalue weighted by molar-refractivity contribution is 7.92. The van der Waals surface area contributed by atoms with Gasteiger partial charge < -0.3 is 5.32 Å². The molecule has 7 rings (SSSR count). The summed E-state index contributed by atoms with van der Waals surface area (Å²) in [6, 6.07) is 18.8. The van der Waals surface area contributed by atoms with Gasteiger partial charge in [0.1, 0.15) is 0 Å². The van der Waals surface area contributed by atoms with Gasteiger partial charge in [-0.2, -0.15) is 0 Å². The Labute approximate surface area is 226 Å². The topological polar surface area (TPSA) is 75.3 Å². The Morgan fingerprint density at radius 1 is 0.789 bits per heavy atom. The molecular weight excluding hydrogens is 492 g/mol.